The maximum atomic E-state index is 12.0. The number of guanidine groups is 1. The van der Waals surface area contributed by atoms with E-state index in [2.05, 4.69) is 39.7 Å². The third-order valence-corrected chi connectivity index (χ3v) is 5.25. The largest absolute Gasteiger partial charge is 0.462 e. The number of hydrogen-bond donors (Lipinski definition) is 2. The van der Waals surface area contributed by atoms with Crippen molar-refractivity contribution < 1.29 is 9.53 Å². The Balaban J connectivity index is 0.00000364. The van der Waals surface area contributed by atoms with Crippen molar-refractivity contribution in [2.45, 2.75) is 40.3 Å². The molecule has 2 aromatic rings. The van der Waals surface area contributed by atoms with Crippen LogP contribution >= 0.6 is 35.3 Å². The van der Waals surface area contributed by atoms with Crippen LogP contribution in [0, 0.1) is 13.8 Å². The van der Waals surface area contributed by atoms with Crippen molar-refractivity contribution in [1.82, 2.24) is 15.6 Å². The standard InChI is InChI=1S/C19H26N4O2S.HI/c1-6-25-18(24)16-13(3)22-17(26-16)14(4)23-19(20-5)21-11-15-10-8-7-9-12(15)2;/h7-10,14H,6,11H2,1-5H3,(H2,20,21,23);1H. The number of hydrogen-bond acceptors (Lipinski definition) is 5. The molecule has 1 heterocycles. The van der Waals surface area contributed by atoms with E-state index in [1.165, 1.54) is 22.5 Å². The predicted molar refractivity (Wildman–Crippen MR) is 121 cm³/mol. The lowest BCUT2D eigenvalue weighted by molar-refractivity contribution is 0.0531. The maximum Gasteiger partial charge on any atom is 0.350 e. The molecule has 0 saturated carbocycles. The summed E-state index contributed by atoms with van der Waals surface area (Å²) in [6.45, 7) is 8.74. The molecule has 0 aliphatic heterocycles. The minimum atomic E-state index is -0.317. The van der Waals surface area contributed by atoms with Crippen molar-refractivity contribution in [3.8, 4) is 0 Å². The van der Waals surface area contributed by atoms with Crippen LogP contribution in [-0.4, -0.2) is 30.6 Å². The highest BCUT2D eigenvalue weighted by Gasteiger charge is 2.20. The van der Waals surface area contributed by atoms with Gasteiger partial charge in [-0.15, -0.1) is 35.3 Å². The van der Waals surface area contributed by atoms with E-state index in [1.54, 1.807) is 14.0 Å². The Labute approximate surface area is 181 Å². The Morgan fingerprint density at radius 1 is 1.33 bits per heavy atom. The number of rotatable bonds is 6. The average molecular weight is 502 g/mol. The van der Waals surface area contributed by atoms with Crippen LogP contribution in [0.25, 0.3) is 0 Å². The molecule has 1 aromatic carbocycles. The molecule has 0 spiro atoms. The number of aliphatic imine (C=N–C) groups is 1. The van der Waals surface area contributed by atoms with E-state index < -0.39 is 0 Å². The number of ether oxygens (including phenoxy) is 1. The van der Waals surface area contributed by atoms with Gasteiger partial charge in [0.25, 0.3) is 0 Å². The summed E-state index contributed by atoms with van der Waals surface area (Å²) >= 11 is 1.35. The fourth-order valence-electron chi connectivity index (χ4n) is 2.44. The van der Waals surface area contributed by atoms with Gasteiger partial charge in [0, 0.05) is 13.6 Å². The number of aryl methyl sites for hydroxylation is 2. The van der Waals surface area contributed by atoms with Crippen molar-refractivity contribution >= 4 is 47.2 Å². The summed E-state index contributed by atoms with van der Waals surface area (Å²) in [6, 6.07) is 8.16. The van der Waals surface area contributed by atoms with Gasteiger partial charge >= 0.3 is 5.97 Å². The van der Waals surface area contributed by atoms with E-state index in [4.69, 9.17) is 4.74 Å². The summed E-state index contributed by atoms with van der Waals surface area (Å²) < 4.78 is 5.08. The molecule has 1 atom stereocenters. The van der Waals surface area contributed by atoms with Gasteiger partial charge in [-0.25, -0.2) is 9.78 Å². The van der Waals surface area contributed by atoms with E-state index in [-0.39, 0.29) is 36.0 Å². The number of benzene rings is 1. The number of carbonyl (C=O) groups excluding carboxylic acids is 1. The molecule has 1 unspecified atom stereocenters. The van der Waals surface area contributed by atoms with E-state index >= 15 is 0 Å². The molecule has 0 saturated heterocycles. The molecule has 0 aliphatic carbocycles. The number of nitrogens with zero attached hydrogens (tertiary/aromatic N) is 2. The van der Waals surface area contributed by atoms with E-state index in [0.717, 1.165) is 5.01 Å². The minimum Gasteiger partial charge on any atom is -0.462 e. The second-order valence-corrected chi connectivity index (χ2v) is 6.94. The topological polar surface area (TPSA) is 75.6 Å². The SMILES string of the molecule is CCOC(=O)c1sc(C(C)NC(=NC)NCc2ccccc2C)nc1C.I. The first-order valence-corrected chi connectivity index (χ1v) is 9.44. The molecule has 0 fully saturated rings. The monoisotopic (exact) mass is 502 g/mol. The fraction of sp³-hybridized carbons (Fsp3) is 0.421. The zero-order chi connectivity index (χ0) is 19.1. The highest BCUT2D eigenvalue weighted by molar-refractivity contribution is 14.0. The Hall–Kier alpha value is -1.68. The highest BCUT2D eigenvalue weighted by Crippen LogP contribution is 2.24. The summed E-state index contributed by atoms with van der Waals surface area (Å²) in [7, 11) is 1.73. The molecule has 148 valence electrons. The smallest absolute Gasteiger partial charge is 0.350 e. The van der Waals surface area contributed by atoms with Crippen molar-refractivity contribution in [2.24, 2.45) is 4.99 Å². The normalized spacial score (nSPS) is 12.1. The van der Waals surface area contributed by atoms with E-state index in [0.29, 0.717) is 29.7 Å². The van der Waals surface area contributed by atoms with Crippen molar-refractivity contribution in [2.75, 3.05) is 13.7 Å². The van der Waals surface area contributed by atoms with Gasteiger partial charge in [-0.2, -0.15) is 0 Å². The van der Waals surface area contributed by atoms with Gasteiger partial charge in [-0.1, -0.05) is 24.3 Å². The first-order valence-electron chi connectivity index (χ1n) is 8.62. The second kappa shape index (κ2) is 11.2. The zero-order valence-corrected chi connectivity index (χ0v) is 19.5. The molecule has 0 radical (unpaired) electrons. The summed E-state index contributed by atoms with van der Waals surface area (Å²) in [6.07, 6.45) is 0. The van der Waals surface area contributed by atoms with Gasteiger partial charge in [0.15, 0.2) is 5.96 Å². The number of halogens is 1. The Morgan fingerprint density at radius 2 is 2.04 bits per heavy atom. The van der Waals surface area contributed by atoms with Crippen LogP contribution in [-0.2, 0) is 11.3 Å². The van der Waals surface area contributed by atoms with Crippen LogP contribution in [0.4, 0.5) is 0 Å². The number of nitrogens with one attached hydrogen (secondary N) is 2. The summed E-state index contributed by atoms with van der Waals surface area (Å²) in [5, 5.41) is 7.46. The van der Waals surface area contributed by atoms with Crippen molar-refractivity contribution in [3.63, 3.8) is 0 Å². The van der Waals surface area contributed by atoms with Crippen LogP contribution in [0.3, 0.4) is 0 Å². The lowest BCUT2D eigenvalue weighted by Crippen LogP contribution is -2.38. The van der Waals surface area contributed by atoms with Crippen molar-refractivity contribution in [1.29, 1.82) is 0 Å². The van der Waals surface area contributed by atoms with Crippen molar-refractivity contribution in [3.05, 3.63) is 51.0 Å². The molecule has 2 rings (SSSR count). The van der Waals surface area contributed by atoms with Gasteiger partial charge in [0.05, 0.1) is 18.3 Å². The third-order valence-electron chi connectivity index (χ3n) is 3.93. The lowest BCUT2D eigenvalue weighted by atomic mass is 10.1. The van der Waals surface area contributed by atoms with Crippen LogP contribution in [0.5, 0.6) is 0 Å². The summed E-state index contributed by atoms with van der Waals surface area (Å²) in [4.78, 5) is 21.3. The molecular formula is C19H27IN4O2S. The van der Waals surface area contributed by atoms with Gasteiger partial charge < -0.3 is 15.4 Å². The molecule has 8 heteroatoms. The summed E-state index contributed by atoms with van der Waals surface area (Å²) in [5.41, 5.74) is 3.15. The molecule has 27 heavy (non-hydrogen) atoms. The third kappa shape index (κ3) is 6.46. The highest BCUT2D eigenvalue weighted by atomic mass is 127. The zero-order valence-electron chi connectivity index (χ0n) is 16.3. The Kier molecular flexibility index (Phi) is 9.71. The lowest BCUT2D eigenvalue weighted by Gasteiger charge is -2.17. The van der Waals surface area contributed by atoms with Crippen LogP contribution in [0.2, 0.25) is 0 Å². The maximum absolute atomic E-state index is 12.0. The average Bonchev–Trinajstić information content (AvgIpc) is 3.02. The van der Waals surface area contributed by atoms with Gasteiger partial charge in [-0.05, 0) is 38.8 Å². The quantitative estimate of drug-likeness (QED) is 0.271. The van der Waals surface area contributed by atoms with Crippen LogP contribution in [0.1, 0.15) is 51.4 Å². The first kappa shape index (κ1) is 23.4. The molecule has 2 N–H and O–H groups in total. The van der Waals surface area contributed by atoms with E-state index in [9.17, 15) is 4.79 Å². The molecule has 0 aliphatic rings. The molecule has 6 nitrogen and oxygen atoms in total. The Morgan fingerprint density at radius 3 is 2.67 bits per heavy atom. The molecule has 1 aromatic heterocycles. The Bertz CT molecular complexity index is 792. The number of esters is 1. The number of carbonyl (C=O) groups is 1. The van der Waals surface area contributed by atoms with Gasteiger partial charge in [-0.3, -0.25) is 4.99 Å². The second-order valence-electron chi connectivity index (χ2n) is 5.91. The number of aromatic nitrogens is 1. The molecule has 0 bridgehead atoms. The summed E-state index contributed by atoms with van der Waals surface area (Å²) in [5.74, 6) is 0.370. The van der Waals surface area contributed by atoms with Gasteiger partial charge in [0.2, 0.25) is 0 Å². The van der Waals surface area contributed by atoms with Gasteiger partial charge in [0.1, 0.15) is 9.88 Å². The number of thiazole rings is 1. The minimum absolute atomic E-state index is 0. The first-order chi connectivity index (χ1) is 12.5. The predicted octanol–water partition coefficient (Wildman–Crippen LogP) is 3.98. The molecular weight excluding hydrogens is 475 g/mol. The van der Waals surface area contributed by atoms with Crippen LogP contribution < -0.4 is 10.6 Å². The molecule has 0 amide bonds. The fourth-order valence-corrected chi connectivity index (χ4v) is 3.40. The van der Waals surface area contributed by atoms with E-state index in [1.807, 2.05) is 26.0 Å². The van der Waals surface area contributed by atoms with Crippen LogP contribution in [0.15, 0.2) is 29.3 Å².